The molecule has 0 fully saturated rings. The van der Waals surface area contributed by atoms with Crippen molar-refractivity contribution in [1.82, 2.24) is 10.0 Å². The zero-order chi connectivity index (χ0) is 15.3. The van der Waals surface area contributed by atoms with E-state index in [1.807, 2.05) is 37.3 Å². The van der Waals surface area contributed by atoms with Crippen LogP contribution in [0.2, 0.25) is 0 Å². The molecule has 1 aromatic carbocycles. The average molecular weight is 389 g/mol. The summed E-state index contributed by atoms with van der Waals surface area (Å²) in [6.07, 6.45) is 0. The van der Waals surface area contributed by atoms with E-state index in [9.17, 15) is 8.42 Å². The highest BCUT2D eigenvalue weighted by molar-refractivity contribution is 9.10. The number of sulfonamides is 1. The molecule has 0 bridgehead atoms. The first-order chi connectivity index (χ1) is 10.0. The molecule has 2 rings (SSSR count). The lowest BCUT2D eigenvalue weighted by molar-refractivity contribution is 0.583. The molecule has 0 unspecified atom stereocenters. The lowest BCUT2D eigenvalue weighted by atomic mass is 10.2. The van der Waals surface area contributed by atoms with E-state index < -0.39 is 10.0 Å². The molecule has 21 heavy (non-hydrogen) atoms. The quantitative estimate of drug-likeness (QED) is 0.765. The van der Waals surface area contributed by atoms with Crippen molar-refractivity contribution in [2.75, 3.05) is 6.54 Å². The Morgan fingerprint density at radius 3 is 2.48 bits per heavy atom. The molecular formula is C14H17BrN2O2S2. The zero-order valence-electron chi connectivity index (χ0n) is 11.6. The first-order valence-electron chi connectivity index (χ1n) is 6.55. The second-order valence-electron chi connectivity index (χ2n) is 4.45. The Labute approximate surface area is 137 Å². The Morgan fingerprint density at radius 2 is 1.81 bits per heavy atom. The molecule has 1 aromatic heterocycles. The van der Waals surface area contributed by atoms with Crippen LogP contribution in [0.1, 0.15) is 17.4 Å². The number of benzene rings is 1. The summed E-state index contributed by atoms with van der Waals surface area (Å²) in [5.74, 6) is 0. The van der Waals surface area contributed by atoms with E-state index in [1.165, 1.54) is 11.3 Å². The van der Waals surface area contributed by atoms with Crippen molar-refractivity contribution in [2.24, 2.45) is 0 Å². The van der Waals surface area contributed by atoms with Gasteiger partial charge in [-0.25, -0.2) is 13.1 Å². The van der Waals surface area contributed by atoms with Gasteiger partial charge < -0.3 is 5.32 Å². The number of rotatable bonds is 7. The summed E-state index contributed by atoms with van der Waals surface area (Å²) in [5.41, 5.74) is 0.922. The summed E-state index contributed by atoms with van der Waals surface area (Å²) in [6, 6.07) is 11.1. The smallest absolute Gasteiger partial charge is 0.250 e. The molecule has 1 heterocycles. The molecule has 114 valence electrons. The van der Waals surface area contributed by atoms with Gasteiger partial charge in [-0.3, -0.25) is 0 Å². The number of hydrogen-bond donors (Lipinski definition) is 2. The molecule has 2 N–H and O–H groups in total. The number of hydrogen-bond acceptors (Lipinski definition) is 4. The van der Waals surface area contributed by atoms with Crippen LogP contribution >= 0.6 is 27.3 Å². The molecule has 0 radical (unpaired) electrons. The monoisotopic (exact) mass is 388 g/mol. The lowest BCUT2D eigenvalue weighted by Gasteiger charge is -2.05. The van der Waals surface area contributed by atoms with Crippen LogP contribution in [0, 0.1) is 0 Å². The summed E-state index contributed by atoms with van der Waals surface area (Å²) >= 11 is 4.65. The first kappa shape index (κ1) is 16.6. The van der Waals surface area contributed by atoms with Crippen LogP contribution in [-0.4, -0.2) is 15.0 Å². The second kappa shape index (κ2) is 7.51. The minimum Gasteiger partial charge on any atom is -0.312 e. The van der Waals surface area contributed by atoms with Crippen molar-refractivity contribution in [3.05, 3.63) is 51.3 Å². The predicted octanol–water partition coefficient (Wildman–Crippen LogP) is 3.10. The molecule has 0 aliphatic heterocycles. The molecule has 0 aliphatic rings. The van der Waals surface area contributed by atoms with E-state index >= 15 is 0 Å². The van der Waals surface area contributed by atoms with E-state index in [0.29, 0.717) is 10.8 Å². The Balaban J connectivity index is 2.00. The maximum Gasteiger partial charge on any atom is 0.250 e. The van der Waals surface area contributed by atoms with Gasteiger partial charge in [0, 0.05) is 22.4 Å². The van der Waals surface area contributed by atoms with Crippen LogP contribution in [0.25, 0.3) is 0 Å². The van der Waals surface area contributed by atoms with Crippen molar-refractivity contribution in [2.45, 2.75) is 24.2 Å². The van der Waals surface area contributed by atoms with Gasteiger partial charge in [-0.2, -0.15) is 0 Å². The van der Waals surface area contributed by atoms with Gasteiger partial charge in [0.15, 0.2) is 0 Å². The molecule has 0 saturated heterocycles. The SMILES string of the molecule is CCNCc1ccc(S(=O)(=O)NCc2ccc(Br)cc2)s1. The molecule has 0 amide bonds. The highest BCUT2D eigenvalue weighted by Gasteiger charge is 2.16. The number of thiophene rings is 1. The third kappa shape index (κ3) is 4.89. The van der Waals surface area contributed by atoms with Gasteiger partial charge in [-0.15, -0.1) is 11.3 Å². The van der Waals surface area contributed by atoms with Crippen LogP contribution in [0.3, 0.4) is 0 Å². The topological polar surface area (TPSA) is 58.2 Å². The summed E-state index contributed by atoms with van der Waals surface area (Å²) in [7, 11) is -3.44. The highest BCUT2D eigenvalue weighted by atomic mass is 79.9. The van der Waals surface area contributed by atoms with Gasteiger partial charge in [0.05, 0.1) is 0 Å². The van der Waals surface area contributed by atoms with Gasteiger partial charge >= 0.3 is 0 Å². The normalized spacial score (nSPS) is 11.7. The molecule has 0 saturated carbocycles. The predicted molar refractivity (Wildman–Crippen MR) is 89.9 cm³/mol. The lowest BCUT2D eigenvalue weighted by Crippen LogP contribution is -2.22. The number of nitrogens with one attached hydrogen (secondary N) is 2. The van der Waals surface area contributed by atoms with Crippen molar-refractivity contribution in [3.63, 3.8) is 0 Å². The van der Waals surface area contributed by atoms with Crippen molar-refractivity contribution < 1.29 is 8.42 Å². The maximum atomic E-state index is 12.2. The molecule has 2 aromatic rings. The maximum absolute atomic E-state index is 12.2. The van der Waals surface area contributed by atoms with Crippen LogP contribution in [0.15, 0.2) is 45.1 Å². The molecule has 0 atom stereocenters. The minimum atomic E-state index is -3.44. The summed E-state index contributed by atoms with van der Waals surface area (Å²) in [6.45, 7) is 3.87. The van der Waals surface area contributed by atoms with E-state index in [0.717, 1.165) is 21.5 Å². The van der Waals surface area contributed by atoms with Crippen LogP contribution < -0.4 is 10.0 Å². The van der Waals surface area contributed by atoms with Crippen LogP contribution in [-0.2, 0) is 23.1 Å². The Hall–Kier alpha value is -0.730. The fourth-order valence-electron chi connectivity index (χ4n) is 1.70. The van der Waals surface area contributed by atoms with Gasteiger partial charge in [0.1, 0.15) is 4.21 Å². The Kier molecular flexibility index (Phi) is 5.95. The van der Waals surface area contributed by atoms with Gasteiger partial charge in [0.25, 0.3) is 0 Å². The third-order valence-corrected chi connectivity index (χ3v) is 6.34. The third-order valence-electron chi connectivity index (χ3n) is 2.83. The summed E-state index contributed by atoms with van der Waals surface area (Å²) in [5, 5.41) is 3.18. The fraction of sp³-hybridized carbons (Fsp3) is 0.286. The average Bonchev–Trinajstić information content (AvgIpc) is 2.94. The minimum absolute atomic E-state index is 0.288. The van der Waals surface area contributed by atoms with Gasteiger partial charge in [0.2, 0.25) is 10.0 Å². The van der Waals surface area contributed by atoms with E-state index in [1.54, 1.807) is 6.07 Å². The first-order valence-corrected chi connectivity index (χ1v) is 9.64. The Morgan fingerprint density at radius 1 is 1.10 bits per heavy atom. The number of halogens is 1. The largest absolute Gasteiger partial charge is 0.312 e. The van der Waals surface area contributed by atoms with Gasteiger partial charge in [-0.05, 0) is 36.4 Å². The fourth-order valence-corrected chi connectivity index (χ4v) is 4.35. The van der Waals surface area contributed by atoms with E-state index in [2.05, 4.69) is 26.0 Å². The van der Waals surface area contributed by atoms with Crippen molar-refractivity contribution >= 4 is 37.3 Å². The Bertz CT molecular complexity index is 681. The van der Waals surface area contributed by atoms with Crippen molar-refractivity contribution in [3.8, 4) is 0 Å². The van der Waals surface area contributed by atoms with Crippen molar-refractivity contribution in [1.29, 1.82) is 0 Å². The van der Waals surface area contributed by atoms with Crippen LogP contribution in [0.5, 0.6) is 0 Å². The summed E-state index contributed by atoms with van der Waals surface area (Å²) < 4.78 is 28.4. The zero-order valence-corrected chi connectivity index (χ0v) is 14.8. The van der Waals surface area contributed by atoms with E-state index in [-0.39, 0.29) is 6.54 Å². The second-order valence-corrected chi connectivity index (χ2v) is 8.53. The molecule has 4 nitrogen and oxygen atoms in total. The highest BCUT2D eigenvalue weighted by Crippen LogP contribution is 2.21. The standard InChI is InChI=1S/C14H17BrN2O2S2/c1-2-16-10-13-7-8-14(20-13)21(18,19)17-9-11-3-5-12(15)6-4-11/h3-8,16-17H,2,9-10H2,1H3. The van der Waals surface area contributed by atoms with Gasteiger partial charge in [-0.1, -0.05) is 35.0 Å². The summed E-state index contributed by atoms with van der Waals surface area (Å²) in [4.78, 5) is 1.01. The molecule has 0 spiro atoms. The van der Waals surface area contributed by atoms with E-state index in [4.69, 9.17) is 0 Å². The molecule has 0 aliphatic carbocycles. The molecule has 7 heteroatoms. The van der Waals surface area contributed by atoms with Crippen LogP contribution in [0.4, 0.5) is 0 Å². The molecular weight excluding hydrogens is 372 g/mol.